The molecule has 2 N–H and O–H groups in total. The van der Waals surface area contributed by atoms with Gasteiger partial charge in [0, 0.05) is 25.4 Å². The van der Waals surface area contributed by atoms with E-state index in [-0.39, 0.29) is 6.54 Å². The van der Waals surface area contributed by atoms with Gasteiger partial charge in [0.1, 0.15) is 11.6 Å². The Kier molecular flexibility index (Phi) is 3.08. The normalized spacial score (nSPS) is 10.9. The van der Waals surface area contributed by atoms with E-state index in [0.29, 0.717) is 22.7 Å². The lowest BCUT2D eigenvalue weighted by Gasteiger charge is -2.10. The minimum atomic E-state index is -0.391. The lowest BCUT2D eigenvalue weighted by Crippen LogP contribution is -2.03. The first kappa shape index (κ1) is 12.6. The molecule has 102 valence electrons. The fourth-order valence-electron chi connectivity index (χ4n) is 2.05. The molecular formula is C14H13FN4O. The van der Waals surface area contributed by atoms with Gasteiger partial charge in [0.05, 0.1) is 11.8 Å². The van der Waals surface area contributed by atoms with Gasteiger partial charge in [-0.15, -0.1) is 0 Å². The molecule has 3 rings (SSSR count). The van der Waals surface area contributed by atoms with E-state index in [1.165, 1.54) is 6.07 Å². The summed E-state index contributed by atoms with van der Waals surface area (Å²) in [6.07, 6.45) is 3.30. The second kappa shape index (κ2) is 4.90. The minimum absolute atomic E-state index is 0.0558. The average Bonchev–Trinajstić information content (AvgIpc) is 2.82. The third-order valence-electron chi connectivity index (χ3n) is 3.10. The van der Waals surface area contributed by atoms with Crippen molar-refractivity contribution in [3.63, 3.8) is 0 Å². The van der Waals surface area contributed by atoms with E-state index in [4.69, 9.17) is 10.5 Å². The number of halogens is 1. The van der Waals surface area contributed by atoms with E-state index < -0.39 is 5.82 Å². The molecule has 0 aliphatic rings. The highest BCUT2D eigenvalue weighted by molar-refractivity contribution is 5.80. The molecule has 5 nitrogen and oxygen atoms in total. The molecule has 20 heavy (non-hydrogen) atoms. The zero-order chi connectivity index (χ0) is 14.1. The van der Waals surface area contributed by atoms with Gasteiger partial charge < -0.3 is 15.0 Å². The van der Waals surface area contributed by atoms with Crippen molar-refractivity contribution < 1.29 is 9.13 Å². The van der Waals surface area contributed by atoms with Gasteiger partial charge in [-0.2, -0.15) is 0 Å². The Balaban J connectivity index is 2.08. The summed E-state index contributed by atoms with van der Waals surface area (Å²) in [5.41, 5.74) is 7.40. The molecule has 0 saturated carbocycles. The average molecular weight is 272 g/mol. The molecule has 0 unspecified atom stereocenters. The Labute approximate surface area is 114 Å². The molecule has 0 radical (unpaired) electrons. The third-order valence-corrected chi connectivity index (χ3v) is 3.10. The van der Waals surface area contributed by atoms with Crippen molar-refractivity contribution in [1.29, 1.82) is 0 Å². The molecule has 0 aliphatic heterocycles. The number of imidazole rings is 1. The van der Waals surface area contributed by atoms with E-state index in [9.17, 15) is 4.39 Å². The highest BCUT2D eigenvalue weighted by atomic mass is 19.1. The van der Waals surface area contributed by atoms with Gasteiger partial charge >= 0.3 is 0 Å². The van der Waals surface area contributed by atoms with Crippen LogP contribution in [0.1, 0.15) is 5.56 Å². The van der Waals surface area contributed by atoms with Gasteiger partial charge in [0.25, 0.3) is 0 Å². The summed E-state index contributed by atoms with van der Waals surface area (Å²) in [4.78, 5) is 8.40. The quantitative estimate of drug-likeness (QED) is 0.794. The maximum Gasteiger partial charge on any atom is 0.247 e. The summed E-state index contributed by atoms with van der Waals surface area (Å²) in [6.45, 7) is 0.0558. The van der Waals surface area contributed by atoms with Gasteiger partial charge in [0.15, 0.2) is 5.52 Å². The van der Waals surface area contributed by atoms with Crippen LogP contribution in [0.5, 0.6) is 11.6 Å². The topological polar surface area (TPSA) is 66.0 Å². The molecule has 0 fully saturated rings. The predicted molar refractivity (Wildman–Crippen MR) is 72.9 cm³/mol. The first-order valence-corrected chi connectivity index (χ1v) is 6.12. The number of aryl methyl sites for hydroxylation is 1. The molecule has 0 aliphatic carbocycles. The number of rotatable bonds is 3. The van der Waals surface area contributed by atoms with E-state index in [1.807, 2.05) is 17.7 Å². The van der Waals surface area contributed by atoms with Gasteiger partial charge in [-0.25, -0.2) is 14.4 Å². The Morgan fingerprint density at radius 1 is 1.30 bits per heavy atom. The maximum absolute atomic E-state index is 13.7. The van der Waals surface area contributed by atoms with E-state index >= 15 is 0 Å². The Morgan fingerprint density at radius 2 is 2.15 bits per heavy atom. The first-order valence-electron chi connectivity index (χ1n) is 6.12. The van der Waals surface area contributed by atoms with Crippen molar-refractivity contribution in [2.75, 3.05) is 0 Å². The molecule has 2 aromatic heterocycles. The van der Waals surface area contributed by atoms with Crippen molar-refractivity contribution in [3.05, 3.63) is 48.2 Å². The number of hydrogen-bond acceptors (Lipinski definition) is 4. The predicted octanol–water partition coefficient (Wildman–Crippen LogP) is 2.36. The number of fused-ring (bicyclic) bond motifs is 1. The van der Waals surface area contributed by atoms with Crippen molar-refractivity contribution in [2.45, 2.75) is 6.54 Å². The summed E-state index contributed by atoms with van der Waals surface area (Å²) >= 11 is 0. The van der Waals surface area contributed by atoms with Crippen LogP contribution < -0.4 is 10.5 Å². The number of nitrogens with zero attached hydrogens (tertiary/aromatic N) is 3. The highest BCUT2D eigenvalue weighted by Gasteiger charge is 2.13. The van der Waals surface area contributed by atoms with Gasteiger partial charge in [-0.1, -0.05) is 6.07 Å². The van der Waals surface area contributed by atoms with Crippen molar-refractivity contribution >= 4 is 11.0 Å². The monoisotopic (exact) mass is 272 g/mol. The van der Waals surface area contributed by atoms with Crippen LogP contribution in [-0.4, -0.2) is 14.5 Å². The smallest absolute Gasteiger partial charge is 0.247 e. The van der Waals surface area contributed by atoms with Crippen molar-refractivity contribution in [2.24, 2.45) is 12.8 Å². The fraction of sp³-hybridized carbons (Fsp3) is 0.143. The van der Waals surface area contributed by atoms with Gasteiger partial charge in [-0.05, 0) is 18.2 Å². The van der Waals surface area contributed by atoms with E-state index in [0.717, 1.165) is 5.52 Å². The number of benzene rings is 1. The van der Waals surface area contributed by atoms with Crippen LogP contribution in [-0.2, 0) is 13.6 Å². The first-order chi connectivity index (χ1) is 9.70. The summed E-state index contributed by atoms with van der Waals surface area (Å²) in [6, 6.07) is 6.42. The second-order valence-electron chi connectivity index (χ2n) is 4.36. The molecule has 0 bridgehead atoms. The van der Waals surface area contributed by atoms with Gasteiger partial charge in [-0.3, -0.25) is 0 Å². The van der Waals surface area contributed by atoms with Crippen LogP contribution in [0, 0.1) is 5.82 Å². The molecule has 6 heteroatoms. The van der Waals surface area contributed by atoms with Gasteiger partial charge in [0.2, 0.25) is 5.88 Å². The molecule has 3 aromatic rings. The third kappa shape index (κ3) is 2.00. The summed E-state index contributed by atoms with van der Waals surface area (Å²) < 4.78 is 21.2. The zero-order valence-corrected chi connectivity index (χ0v) is 10.9. The number of nitrogens with two attached hydrogens (primary N) is 1. The summed E-state index contributed by atoms with van der Waals surface area (Å²) in [5.74, 6) is 0.305. The molecule has 2 heterocycles. The van der Waals surface area contributed by atoms with Crippen LogP contribution in [0.15, 0.2) is 36.8 Å². The van der Waals surface area contributed by atoms with E-state index in [1.54, 1.807) is 24.7 Å². The lowest BCUT2D eigenvalue weighted by molar-refractivity contribution is 0.454. The molecule has 0 atom stereocenters. The second-order valence-corrected chi connectivity index (χ2v) is 4.36. The fourth-order valence-corrected chi connectivity index (χ4v) is 2.05. The number of hydrogen-bond donors (Lipinski definition) is 1. The Bertz CT molecular complexity index is 769. The van der Waals surface area contributed by atoms with Crippen LogP contribution >= 0.6 is 0 Å². The molecule has 1 aromatic carbocycles. The number of pyridine rings is 1. The van der Waals surface area contributed by atoms with Crippen molar-refractivity contribution in [3.8, 4) is 11.6 Å². The van der Waals surface area contributed by atoms with Crippen LogP contribution in [0.25, 0.3) is 11.0 Å². The Morgan fingerprint density at radius 3 is 2.95 bits per heavy atom. The Hall–Kier alpha value is -2.47. The molecule has 0 saturated heterocycles. The molecule has 0 spiro atoms. The SMILES string of the molecule is Cn1cnc2c(Oc3cccc(F)c3CN)nccc21. The largest absolute Gasteiger partial charge is 0.437 e. The minimum Gasteiger partial charge on any atom is -0.437 e. The van der Waals surface area contributed by atoms with Crippen LogP contribution in [0.2, 0.25) is 0 Å². The number of aromatic nitrogens is 3. The zero-order valence-electron chi connectivity index (χ0n) is 10.9. The van der Waals surface area contributed by atoms with E-state index in [2.05, 4.69) is 9.97 Å². The highest BCUT2D eigenvalue weighted by Crippen LogP contribution is 2.29. The van der Waals surface area contributed by atoms with Crippen molar-refractivity contribution in [1.82, 2.24) is 14.5 Å². The molecule has 0 amide bonds. The number of ether oxygens (including phenoxy) is 1. The summed E-state index contributed by atoms with van der Waals surface area (Å²) in [7, 11) is 1.88. The molecular weight excluding hydrogens is 259 g/mol. The summed E-state index contributed by atoms with van der Waals surface area (Å²) in [5, 5.41) is 0. The van der Waals surface area contributed by atoms with Crippen LogP contribution in [0.4, 0.5) is 4.39 Å². The lowest BCUT2D eigenvalue weighted by atomic mass is 10.2. The maximum atomic E-state index is 13.7. The standard InChI is InChI=1S/C14H13FN4O/c1-19-8-18-13-11(19)5-6-17-14(13)20-12-4-2-3-10(15)9(12)7-16/h2-6,8H,7,16H2,1H3. The van der Waals surface area contributed by atoms with Crippen LogP contribution in [0.3, 0.4) is 0 Å².